The Labute approximate surface area is 267 Å². The lowest BCUT2D eigenvalue weighted by Crippen LogP contribution is -2.63. The average Bonchev–Trinajstić information content (AvgIpc) is 3.17. The molecular formula is C33H55N5O7. The lowest BCUT2D eigenvalue weighted by Gasteiger charge is -2.38. The number of nitrogens with two attached hydrogens (primary N) is 1. The molecule has 5 N–H and O–H groups in total. The van der Waals surface area contributed by atoms with E-state index >= 15 is 0 Å². The Bertz CT molecular complexity index is 1210. The van der Waals surface area contributed by atoms with E-state index in [1.165, 1.54) is 4.90 Å². The molecule has 0 aromatic carbocycles. The summed E-state index contributed by atoms with van der Waals surface area (Å²) >= 11 is 0. The zero-order chi connectivity index (χ0) is 34.4. The maximum absolute atomic E-state index is 14.3. The van der Waals surface area contributed by atoms with Crippen molar-refractivity contribution in [2.75, 3.05) is 6.54 Å². The molecule has 3 aliphatic rings. The highest BCUT2D eigenvalue weighted by molar-refractivity contribution is 6.37. The molecule has 0 aromatic heterocycles. The van der Waals surface area contributed by atoms with Crippen molar-refractivity contribution in [1.82, 2.24) is 20.9 Å². The number of ether oxygens (including phenoxy) is 1. The Balaban J connectivity index is 1.84. The summed E-state index contributed by atoms with van der Waals surface area (Å²) in [5.74, 6) is -3.37. The smallest absolute Gasteiger partial charge is 0.329 e. The van der Waals surface area contributed by atoms with E-state index in [1.807, 2.05) is 13.8 Å². The summed E-state index contributed by atoms with van der Waals surface area (Å²) in [6.45, 7) is 20.5. The first-order valence-corrected chi connectivity index (χ1v) is 16.1. The summed E-state index contributed by atoms with van der Waals surface area (Å²) in [6, 6.07) is -4.71. The fourth-order valence-corrected chi connectivity index (χ4v) is 6.64. The number of primary amides is 1. The predicted molar refractivity (Wildman–Crippen MR) is 168 cm³/mol. The summed E-state index contributed by atoms with van der Waals surface area (Å²) < 4.78 is 5.55. The maximum atomic E-state index is 14.3. The standard InChI is InChI=1S/C33H55N5O7/c1-30(2,3)23(36-29(44)37-24(31(4,5)6)28(43)45-32(7,8)9)27(42)38-16-18-20(33(18,10)11)21(38)26(41)35-19(22(39)25(34)40)15-17-13-12-14-17/h17-21,23-24H,12-16H2,1-11H3,(H2,34,40)(H,35,41)(H2,36,37,44)/t18-,19?,20-,21-,23+,24-/m0/s1. The van der Waals surface area contributed by atoms with Crippen LogP contribution >= 0.6 is 0 Å². The van der Waals surface area contributed by atoms with Crippen LogP contribution in [0.3, 0.4) is 0 Å². The number of nitrogens with zero attached hydrogens (tertiary/aromatic N) is 1. The van der Waals surface area contributed by atoms with Gasteiger partial charge in [-0.15, -0.1) is 0 Å². The van der Waals surface area contributed by atoms with Gasteiger partial charge in [-0.25, -0.2) is 9.59 Å². The number of piperidine rings is 1. The molecule has 0 bridgehead atoms. The molecule has 254 valence electrons. The van der Waals surface area contributed by atoms with Crippen molar-refractivity contribution in [2.24, 2.45) is 39.7 Å². The zero-order valence-electron chi connectivity index (χ0n) is 29.0. The second-order valence-electron chi connectivity index (χ2n) is 17.0. The predicted octanol–water partition coefficient (Wildman–Crippen LogP) is 2.67. The van der Waals surface area contributed by atoms with Crippen molar-refractivity contribution >= 4 is 35.5 Å². The number of nitrogens with one attached hydrogen (secondary N) is 3. The quantitative estimate of drug-likeness (QED) is 0.211. The molecule has 3 fully saturated rings. The van der Waals surface area contributed by atoms with Crippen molar-refractivity contribution in [3.63, 3.8) is 0 Å². The van der Waals surface area contributed by atoms with Crippen LogP contribution in [0.15, 0.2) is 0 Å². The number of amides is 5. The van der Waals surface area contributed by atoms with Crippen LogP contribution in [0.5, 0.6) is 0 Å². The van der Waals surface area contributed by atoms with Crippen molar-refractivity contribution in [3.8, 4) is 0 Å². The number of likely N-dealkylation sites (tertiary alicyclic amines) is 1. The van der Waals surface area contributed by atoms with Gasteiger partial charge in [0.2, 0.25) is 17.6 Å². The van der Waals surface area contributed by atoms with E-state index in [0.29, 0.717) is 13.0 Å². The van der Waals surface area contributed by atoms with Gasteiger partial charge in [0.25, 0.3) is 5.91 Å². The van der Waals surface area contributed by atoms with Crippen molar-refractivity contribution in [1.29, 1.82) is 0 Å². The zero-order valence-corrected chi connectivity index (χ0v) is 29.0. The third-order valence-corrected chi connectivity index (χ3v) is 9.60. The number of rotatable bonds is 10. The molecule has 12 nitrogen and oxygen atoms in total. The third kappa shape index (κ3) is 8.35. The second-order valence-corrected chi connectivity index (χ2v) is 17.0. The molecule has 1 heterocycles. The highest BCUT2D eigenvalue weighted by atomic mass is 16.6. The van der Waals surface area contributed by atoms with Gasteiger partial charge in [-0.2, -0.15) is 0 Å². The monoisotopic (exact) mass is 633 g/mol. The fraction of sp³-hybridized carbons (Fsp3) is 0.818. The van der Waals surface area contributed by atoms with E-state index in [4.69, 9.17) is 10.5 Å². The summed E-state index contributed by atoms with van der Waals surface area (Å²) in [7, 11) is 0. The summed E-state index contributed by atoms with van der Waals surface area (Å²) in [5.41, 5.74) is 2.90. The molecule has 2 saturated carbocycles. The molecule has 45 heavy (non-hydrogen) atoms. The van der Waals surface area contributed by atoms with Crippen LogP contribution in [0, 0.1) is 34.0 Å². The number of urea groups is 1. The Morgan fingerprint density at radius 2 is 1.40 bits per heavy atom. The lowest BCUT2D eigenvalue weighted by atomic mass is 9.80. The SMILES string of the molecule is CC(C)(C)OC(=O)[C@H](NC(=O)N[C@H](C(=O)N1C[C@H]2[C@@H]([C@H]1C(=O)NC(CC1CCC1)C(=O)C(N)=O)C2(C)C)C(C)(C)C)C(C)(C)C. The molecule has 12 heteroatoms. The first-order valence-electron chi connectivity index (χ1n) is 16.1. The number of fused-ring (bicyclic) bond motifs is 1. The fourth-order valence-electron chi connectivity index (χ4n) is 6.64. The van der Waals surface area contributed by atoms with E-state index in [0.717, 1.165) is 19.3 Å². The van der Waals surface area contributed by atoms with E-state index in [9.17, 15) is 28.8 Å². The molecular weight excluding hydrogens is 578 g/mol. The Kier molecular flexibility index (Phi) is 10.1. The number of ketones is 1. The number of carbonyl (C=O) groups is 6. The number of Topliss-reactive ketones (excluding diaryl/α,β-unsaturated/α-hetero) is 1. The molecule has 0 radical (unpaired) electrons. The highest BCUT2D eigenvalue weighted by Gasteiger charge is 2.70. The molecule has 0 aromatic rings. The summed E-state index contributed by atoms with van der Waals surface area (Å²) in [5, 5.41) is 8.27. The van der Waals surface area contributed by atoms with Crippen molar-refractivity contribution in [2.45, 2.75) is 132 Å². The minimum absolute atomic E-state index is 0.0565. The van der Waals surface area contributed by atoms with Crippen LogP contribution in [0.25, 0.3) is 0 Å². The van der Waals surface area contributed by atoms with Crippen molar-refractivity contribution < 1.29 is 33.5 Å². The average molecular weight is 634 g/mol. The minimum atomic E-state index is -1.11. The lowest BCUT2D eigenvalue weighted by molar-refractivity contribution is -0.160. The van der Waals surface area contributed by atoms with Crippen LogP contribution in [0.1, 0.15) is 102 Å². The molecule has 3 rings (SSSR count). The van der Waals surface area contributed by atoms with Crippen LogP contribution < -0.4 is 21.7 Å². The van der Waals surface area contributed by atoms with Gasteiger partial charge in [0.15, 0.2) is 0 Å². The van der Waals surface area contributed by atoms with Crippen molar-refractivity contribution in [3.05, 3.63) is 0 Å². The molecule has 0 spiro atoms. The largest absolute Gasteiger partial charge is 0.458 e. The Hall–Kier alpha value is -3.18. The van der Waals surface area contributed by atoms with Gasteiger partial charge in [-0.05, 0) is 61.2 Å². The third-order valence-electron chi connectivity index (χ3n) is 9.60. The minimum Gasteiger partial charge on any atom is -0.458 e. The highest BCUT2D eigenvalue weighted by Crippen LogP contribution is 2.65. The molecule has 6 atom stereocenters. The first-order chi connectivity index (χ1) is 20.4. The van der Waals surface area contributed by atoms with Crippen LogP contribution in [0.4, 0.5) is 4.79 Å². The number of carbonyl (C=O) groups excluding carboxylic acids is 6. The van der Waals surface area contributed by atoms with Gasteiger partial charge in [-0.3, -0.25) is 19.2 Å². The van der Waals surface area contributed by atoms with E-state index < -0.39 is 76.1 Å². The topological polar surface area (TPSA) is 177 Å². The van der Waals surface area contributed by atoms with Gasteiger partial charge in [-0.1, -0.05) is 74.7 Å². The van der Waals surface area contributed by atoms with Gasteiger partial charge >= 0.3 is 12.0 Å². The summed E-state index contributed by atoms with van der Waals surface area (Å²) in [4.78, 5) is 80.6. The summed E-state index contributed by atoms with van der Waals surface area (Å²) in [6.07, 6.45) is 3.18. The number of hydrogen-bond acceptors (Lipinski definition) is 7. The molecule has 1 unspecified atom stereocenters. The van der Waals surface area contributed by atoms with E-state index in [1.54, 1.807) is 62.3 Å². The van der Waals surface area contributed by atoms with Gasteiger partial charge in [0, 0.05) is 6.54 Å². The van der Waals surface area contributed by atoms with E-state index in [2.05, 4.69) is 16.0 Å². The Morgan fingerprint density at radius 1 is 0.867 bits per heavy atom. The molecule has 2 aliphatic carbocycles. The maximum Gasteiger partial charge on any atom is 0.329 e. The van der Waals surface area contributed by atoms with E-state index in [-0.39, 0.29) is 23.2 Å². The van der Waals surface area contributed by atoms with Gasteiger partial charge in [0.1, 0.15) is 23.7 Å². The molecule has 1 saturated heterocycles. The second kappa shape index (κ2) is 12.5. The normalized spacial score (nSPS) is 24.7. The number of esters is 1. The molecule has 1 aliphatic heterocycles. The Morgan fingerprint density at radius 3 is 1.84 bits per heavy atom. The first kappa shape index (κ1) is 36.3. The van der Waals surface area contributed by atoms with Crippen LogP contribution in [-0.4, -0.2) is 76.7 Å². The van der Waals surface area contributed by atoms with Crippen LogP contribution in [0.2, 0.25) is 0 Å². The molecule has 5 amide bonds. The number of hydrogen-bond donors (Lipinski definition) is 4. The van der Waals surface area contributed by atoms with Gasteiger partial charge < -0.3 is 31.3 Å². The van der Waals surface area contributed by atoms with Gasteiger partial charge in [0.05, 0.1) is 6.04 Å². The van der Waals surface area contributed by atoms with Crippen LogP contribution in [-0.2, 0) is 28.7 Å².